The van der Waals surface area contributed by atoms with Crippen molar-refractivity contribution in [3.8, 4) is 11.3 Å². The van der Waals surface area contributed by atoms with Crippen molar-refractivity contribution in [1.29, 1.82) is 0 Å². The molecule has 0 amide bonds. The molecule has 0 aliphatic heterocycles. The largest absolute Gasteiger partial charge is 0.353 e. The van der Waals surface area contributed by atoms with Crippen molar-refractivity contribution in [2.45, 2.75) is 0 Å². The molecule has 3 nitrogen and oxygen atoms in total. The molecule has 0 atom stereocenters. The molecule has 0 fully saturated rings. The van der Waals surface area contributed by atoms with Gasteiger partial charge in [0.25, 0.3) is 0 Å². The van der Waals surface area contributed by atoms with Crippen molar-refractivity contribution >= 4 is 21.9 Å². The third kappa shape index (κ3) is 1.52. The van der Waals surface area contributed by atoms with Crippen molar-refractivity contribution < 1.29 is 0 Å². The molecule has 90 valence electrons. The Labute approximate surface area is 110 Å². The van der Waals surface area contributed by atoms with Crippen LogP contribution in [0.3, 0.4) is 0 Å². The molecular weight excluding hydrogens is 234 g/mol. The molecule has 19 heavy (non-hydrogen) atoms. The number of benzene rings is 1. The third-order valence-electron chi connectivity index (χ3n) is 3.33. The van der Waals surface area contributed by atoms with Gasteiger partial charge in [0.05, 0.1) is 16.7 Å². The zero-order valence-electron chi connectivity index (χ0n) is 10.2. The van der Waals surface area contributed by atoms with Crippen molar-refractivity contribution in [3.05, 3.63) is 60.9 Å². The highest BCUT2D eigenvalue weighted by molar-refractivity contribution is 6.09. The molecule has 3 heteroatoms. The van der Waals surface area contributed by atoms with Crippen LogP contribution in [0.4, 0.5) is 0 Å². The number of pyridine rings is 2. The quantitative estimate of drug-likeness (QED) is 0.554. The second kappa shape index (κ2) is 3.92. The Morgan fingerprint density at radius 2 is 1.68 bits per heavy atom. The lowest BCUT2D eigenvalue weighted by molar-refractivity contribution is 1.32. The molecule has 0 bridgehead atoms. The van der Waals surface area contributed by atoms with Gasteiger partial charge in [-0.2, -0.15) is 0 Å². The summed E-state index contributed by atoms with van der Waals surface area (Å²) in [4.78, 5) is 12.4. The Morgan fingerprint density at radius 3 is 2.58 bits per heavy atom. The molecule has 0 saturated heterocycles. The fourth-order valence-corrected chi connectivity index (χ4v) is 2.46. The normalized spacial score (nSPS) is 11.2. The second-order valence-corrected chi connectivity index (χ2v) is 4.47. The number of fused-ring (bicyclic) bond motifs is 3. The van der Waals surface area contributed by atoms with Crippen LogP contribution in [0, 0.1) is 0 Å². The Kier molecular flexibility index (Phi) is 2.12. The molecule has 1 aromatic carbocycles. The minimum Gasteiger partial charge on any atom is -0.353 e. The molecule has 0 radical (unpaired) electrons. The molecule has 0 aliphatic rings. The Hall–Kier alpha value is -2.68. The van der Waals surface area contributed by atoms with Crippen LogP contribution >= 0.6 is 0 Å². The number of hydrogen-bond donors (Lipinski definition) is 1. The number of rotatable bonds is 1. The summed E-state index contributed by atoms with van der Waals surface area (Å²) >= 11 is 0. The van der Waals surface area contributed by atoms with E-state index in [0.717, 1.165) is 33.2 Å². The van der Waals surface area contributed by atoms with Gasteiger partial charge in [-0.15, -0.1) is 0 Å². The molecule has 0 spiro atoms. The zero-order chi connectivity index (χ0) is 12.7. The van der Waals surface area contributed by atoms with Crippen LogP contribution in [-0.2, 0) is 0 Å². The summed E-state index contributed by atoms with van der Waals surface area (Å²) in [7, 11) is 0. The first-order valence-electron chi connectivity index (χ1n) is 6.20. The lowest BCUT2D eigenvalue weighted by Crippen LogP contribution is -1.85. The van der Waals surface area contributed by atoms with Gasteiger partial charge < -0.3 is 4.98 Å². The minimum atomic E-state index is 0.960. The molecule has 4 rings (SSSR count). The second-order valence-electron chi connectivity index (χ2n) is 4.47. The van der Waals surface area contributed by atoms with Crippen molar-refractivity contribution in [3.63, 3.8) is 0 Å². The summed E-state index contributed by atoms with van der Waals surface area (Å²) in [6.07, 6.45) is 3.65. The van der Waals surface area contributed by atoms with Gasteiger partial charge in [0, 0.05) is 28.9 Å². The van der Waals surface area contributed by atoms with Gasteiger partial charge in [-0.05, 0) is 24.3 Å². The third-order valence-corrected chi connectivity index (χ3v) is 3.33. The maximum atomic E-state index is 4.50. The van der Waals surface area contributed by atoms with Crippen LogP contribution in [0.25, 0.3) is 33.2 Å². The van der Waals surface area contributed by atoms with Gasteiger partial charge >= 0.3 is 0 Å². The molecule has 0 unspecified atom stereocenters. The summed E-state index contributed by atoms with van der Waals surface area (Å²) in [5.41, 5.74) is 5.19. The lowest BCUT2D eigenvalue weighted by atomic mass is 10.1. The van der Waals surface area contributed by atoms with Crippen LogP contribution in [0.5, 0.6) is 0 Å². The van der Waals surface area contributed by atoms with Crippen molar-refractivity contribution in [2.75, 3.05) is 0 Å². The minimum absolute atomic E-state index is 0.960. The summed E-state index contributed by atoms with van der Waals surface area (Å²) in [5, 5.41) is 1.15. The molecule has 1 N–H and O–H groups in total. The van der Waals surface area contributed by atoms with Crippen LogP contribution in [0.1, 0.15) is 0 Å². The Morgan fingerprint density at radius 1 is 0.789 bits per heavy atom. The highest BCUT2D eigenvalue weighted by Gasteiger charge is 2.10. The number of nitrogens with one attached hydrogen (secondary N) is 1. The molecule has 0 aliphatic carbocycles. The number of hydrogen-bond acceptors (Lipinski definition) is 2. The van der Waals surface area contributed by atoms with E-state index in [0.29, 0.717) is 0 Å². The van der Waals surface area contributed by atoms with E-state index in [2.05, 4.69) is 27.1 Å². The highest BCUT2D eigenvalue weighted by Crippen LogP contribution is 2.30. The van der Waals surface area contributed by atoms with E-state index in [4.69, 9.17) is 0 Å². The van der Waals surface area contributed by atoms with E-state index in [1.807, 2.05) is 48.8 Å². The standard InChI is InChI=1S/C16H11N3/c1-2-7-14-11(5-1)15-16(19-14)12(8-10-18-15)13-6-3-4-9-17-13/h1-10,19H. The summed E-state index contributed by atoms with van der Waals surface area (Å²) < 4.78 is 0. The zero-order valence-corrected chi connectivity index (χ0v) is 10.2. The van der Waals surface area contributed by atoms with Gasteiger partial charge in [0.1, 0.15) is 0 Å². The fourth-order valence-electron chi connectivity index (χ4n) is 2.46. The summed E-state index contributed by atoms with van der Waals surface area (Å²) in [6, 6.07) is 16.1. The van der Waals surface area contributed by atoms with Gasteiger partial charge in [0.2, 0.25) is 0 Å². The average molecular weight is 245 g/mol. The van der Waals surface area contributed by atoms with Crippen LogP contribution in [0.2, 0.25) is 0 Å². The van der Waals surface area contributed by atoms with E-state index >= 15 is 0 Å². The monoisotopic (exact) mass is 245 g/mol. The first kappa shape index (κ1) is 10.3. The molecular formula is C16H11N3. The van der Waals surface area contributed by atoms with E-state index in [1.54, 1.807) is 0 Å². The molecule has 0 saturated carbocycles. The Balaban J connectivity index is 2.13. The van der Waals surface area contributed by atoms with Crippen LogP contribution in [0.15, 0.2) is 60.9 Å². The number of aromatic amines is 1. The predicted octanol–water partition coefficient (Wildman–Crippen LogP) is 3.78. The number of para-hydroxylation sites is 1. The molecule has 4 aromatic rings. The molecule has 3 heterocycles. The van der Waals surface area contributed by atoms with E-state index < -0.39 is 0 Å². The Bertz CT molecular complexity index is 863. The first-order valence-corrected chi connectivity index (χ1v) is 6.20. The van der Waals surface area contributed by atoms with E-state index in [-0.39, 0.29) is 0 Å². The predicted molar refractivity (Wildman–Crippen MR) is 76.8 cm³/mol. The highest BCUT2D eigenvalue weighted by atomic mass is 14.8. The fraction of sp³-hybridized carbons (Fsp3) is 0. The van der Waals surface area contributed by atoms with Crippen LogP contribution < -0.4 is 0 Å². The average Bonchev–Trinajstić information content (AvgIpc) is 2.87. The molecule has 3 aromatic heterocycles. The SMILES string of the molecule is c1ccc(-c2ccnc3c2[nH]c2ccccc23)nc1. The summed E-state index contributed by atoms with van der Waals surface area (Å²) in [6.45, 7) is 0. The van der Waals surface area contributed by atoms with E-state index in [9.17, 15) is 0 Å². The smallest absolute Gasteiger partial charge is 0.0964 e. The summed E-state index contributed by atoms with van der Waals surface area (Å²) in [5.74, 6) is 0. The van der Waals surface area contributed by atoms with Crippen molar-refractivity contribution in [1.82, 2.24) is 15.0 Å². The first-order chi connectivity index (χ1) is 9.43. The maximum absolute atomic E-state index is 4.50. The maximum Gasteiger partial charge on any atom is 0.0964 e. The number of aromatic nitrogens is 3. The van der Waals surface area contributed by atoms with Gasteiger partial charge in [0.15, 0.2) is 0 Å². The van der Waals surface area contributed by atoms with Crippen LogP contribution in [-0.4, -0.2) is 15.0 Å². The van der Waals surface area contributed by atoms with Crippen molar-refractivity contribution in [2.24, 2.45) is 0 Å². The lowest BCUT2D eigenvalue weighted by Gasteiger charge is -2.01. The number of H-pyrrole nitrogens is 1. The van der Waals surface area contributed by atoms with Gasteiger partial charge in [-0.3, -0.25) is 9.97 Å². The van der Waals surface area contributed by atoms with Gasteiger partial charge in [-0.25, -0.2) is 0 Å². The van der Waals surface area contributed by atoms with E-state index in [1.165, 1.54) is 0 Å². The number of nitrogens with zero attached hydrogens (tertiary/aromatic N) is 2. The topological polar surface area (TPSA) is 41.6 Å². The van der Waals surface area contributed by atoms with Gasteiger partial charge in [-0.1, -0.05) is 24.3 Å².